The Morgan fingerprint density at radius 3 is 2.56 bits per heavy atom. The molecule has 1 saturated heterocycles. The van der Waals surface area contributed by atoms with Crippen LogP contribution in [0.1, 0.15) is 28.8 Å². The third-order valence-electron chi connectivity index (χ3n) is 4.29. The highest BCUT2D eigenvalue weighted by Gasteiger charge is 2.34. The average Bonchev–Trinajstić information content (AvgIpc) is 3.12. The standard InChI is InChI=1S/C19H18F2N2O2/c20-15-9-8-14(11-16(15)21)19(25)23-10-4-7-17(23)18(24)22-12-13-5-2-1-3-6-13/h1-3,5-6,8-9,11,17H,4,7,10,12H2,(H,22,24)/t17-/m0/s1. The lowest BCUT2D eigenvalue weighted by Gasteiger charge is -2.24. The molecule has 0 aliphatic carbocycles. The molecule has 0 saturated carbocycles. The van der Waals surface area contributed by atoms with Gasteiger partial charge in [0.05, 0.1) is 0 Å². The monoisotopic (exact) mass is 344 g/mol. The van der Waals surface area contributed by atoms with Gasteiger partial charge in [0, 0.05) is 18.7 Å². The van der Waals surface area contributed by atoms with Crippen molar-refractivity contribution in [1.29, 1.82) is 0 Å². The van der Waals surface area contributed by atoms with Crippen LogP contribution in [0.3, 0.4) is 0 Å². The summed E-state index contributed by atoms with van der Waals surface area (Å²) < 4.78 is 26.4. The van der Waals surface area contributed by atoms with E-state index >= 15 is 0 Å². The number of likely N-dealkylation sites (tertiary alicyclic amines) is 1. The van der Waals surface area contributed by atoms with Gasteiger partial charge in [-0.1, -0.05) is 30.3 Å². The summed E-state index contributed by atoms with van der Waals surface area (Å²) in [5, 5.41) is 2.83. The topological polar surface area (TPSA) is 49.4 Å². The molecular weight excluding hydrogens is 326 g/mol. The highest BCUT2D eigenvalue weighted by atomic mass is 19.2. The molecule has 0 unspecified atom stereocenters. The number of halogens is 2. The van der Waals surface area contributed by atoms with Crippen molar-refractivity contribution in [2.45, 2.75) is 25.4 Å². The predicted molar refractivity (Wildman–Crippen MR) is 88.7 cm³/mol. The van der Waals surface area contributed by atoms with Crippen LogP contribution in [0.2, 0.25) is 0 Å². The van der Waals surface area contributed by atoms with Gasteiger partial charge in [-0.05, 0) is 36.6 Å². The van der Waals surface area contributed by atoms with E-state index in [4.69, 9.17) is 0 Å². The highest BCUT2D eigenvalue weighted by Crippen LogP contribution is 2.21. The smallest absolute Gasteiger partial charge is 0.254 e. The summed E-state index contributed by atoms with van der Waals surface area (Å²) in [6, 6.07) is 11.9. The minimum atomic E-state index is -1.07. The lowest BCUT2D eigenvalue weighted by atomic mass is 10.1. The number of hydrogen-bond acceptors (Lipinski definition) is 2. The number of rotatable bonds is 4. The van der Waals surface area contributed by atoms with Gasteiger partial charge in [0.15, 0.2) is 11.6 Å². The van der Waals surface area contributed by atoms with E-state index in [9.17, 15) is 18.4 Å². The Labute approximate surface area is 144 Å². The van der Waals surface area contributed by atoms with Crippen LogP contribution in [-0.2, 0) is 11.3 Å². The molecule has 6 heteroatoms. The molecule has 2 aromatic rings. The molecular formula is C19H18F2N2O2. The quantitative estimate of drug-likeness (QED) is 0.927. The zero-order chi connectivity index (χ0) is 17.8. The molecule has 1 N–H and O–H groups in total. The van der Waals surface area contributed by atoms with Crippen LogP contribution in [0.15, 0.2) is 48.5 Å². The van der Waals surface area contributed by atoms with E-state index in [-0.39, 0.29) is 11.5 Å². The van der Waals surface area contributed by atoms with E-state index in [1.54, 1.807) is 0 Å². The fourth-order valence-corrected chi connectivity index (χ4v) is 2.98. The van der Waals surface area contributed by atoms with Gasteiger partial charge in [-0.25, -0.2) is 8.78 Å². The van der Waals surface area contributed by atoms with E-state index in [1.165, 1.54) is 11.0 Å². The first-order valence-corrected chi connectivity index (χ1v) is 8.14. The number of amides is 2. The van der Waals surface area contributed by atoms with Crippen molar-refractivity contribution in [3.63, 3.8) is 0 Å². The summed E-state index contributed by atoms with van der Waals surface area (Å²) >= 11 is 0. The molecule has 0 radical (unpaired) electrons. The molecule has 1 aliphatic rings. The average molecular weight is 344 g/mol. The molecule has 130 valence electrons. The highest BCUT2D eigenvalue weighted by molar-refractivity contribution is 5.98. The molecule has 2 amide bonds. The van der Waals surface area contributed by atoms with Gasteiger partial charge < -0.3 is 10.2 Å². The number of carbonyl (C=O) groups excluding carboxylic acids is 2. The van der Waals surface area contributed by atoms with Crippen LogP contribution in [0.5, 0.6) is 0 Å². The van der Waals surface area contributed by atoms with Crippen LogP contribution in [0, 0.1) is 11.6 Å². The number of nitrogens with zero attached hydrogens (tertiary/aromatic N) is 1. The number of benzene rings is 2. The number of hydrogen-bond donors (Lipinski definition) is 1. The van der Waals surface area contributed by atoms with E-state index in [2.05, 4.69) is 5.32 Å². The van der Waals surface area contributed by atoms with Crippen molar-refractivity contribution >= 4 is 11.8 Å². The van der Waals surface area contributed by atoms with Gasteiger partial charge in [0.25, 0.3) is 5.91 Å². The first kappa shape index (κ1) is 17.1. The van der Waals surface area contributed by atoms with Crippen LogP contribution in [-0.4, -0.2) is 29.3 Å². The molecule has 1 atom stereocenters. The molecule has 3 rings (SSSR count). The first-order chi connectivity index (χ1) is 12.1. The maximum atomic E-state index is 13.4. The van der Waals surface area contributed by atoms with E-state index < -0.39 is 23.6 Å². The summed E-state index contributed by atoms with van der Waals surface area (Å²) in [5.41, 5.74) is 1.01. The second-order valence-electron chi connectivity index (χ2n) is 5.99. The minimum absolute atomic E-state index is 0.0432. The molecule has 1 fully saturated rings. The van der Waals surface area contributed by atoms with Crippen molar-refractivity contribution in [1.82, 2.24) is 10.2 Å². The normalized spacial score (nSPS) is 16.7. The van der Waals surface area contributed by atoms with Crippen LogP contribution < -0.4 is 5.32 Å². The fraction of sp³-hybridized carbons (Fsp3) is 0.263. The molecule has 25 heavy (non-hydrogen) atoms. The second-order valence-corrected chi connectivity index (χ2v) is 5.99. The lowest BCUT2D eigenvalue weighted by molar-refractivity contribution is -0.125. The number of nitrogens with one attached hydrogen (secondary N) is 1. The van der Waals surface area contributed by atoms with Crippen molar-refractivity contribution in [2.75, 3.05) is 6.54 Å². The third kappa shape index (κ3) is 3.84. The fourth-order valence-electron chi connectivity index (χ4n) is 2.98. The van der Waals surface area contributed by atoms with Gasteiger partial charge in [-0.15, -0.1) is 0 Å². The lowest BCUT2D eigenvalue weighted by Crippen LogP contribution is -2.45. The van der Waals surface area contributed by atoms with Crippen LogP contribution in [0.25, 0.3) is 0 Å². The van der Waals surface area contributed by atoms with E-state index in [0.717, 1.165) is 17.7 Å². The molecule has 1 aliphatic heterocycles. The first-order valence-electron chi connectivity index (χ1n) is 8.14. The van der Waals surface area contributed by atoms with Gasteiger partial charge in [0.1, 0.15) is 6.04 Å². The molecule has 1 heterocycles. The maximum Gasteiger partial charge on any atom is 0.254 e. The molecule has 0 aromatic heterocycles. The Kier molecular flexibility index (Phi) is 5.07. The van der Waals surface area contributed by atoms with Crippen molar-refractivity contribution in [2.24, 2.45) is 0 Å². The zero-order valence-corrected chi connectivity index (χ0v) is 13.5. The van der Waals surface area contributed by atoms with Crippen molar-refractivity contribution < 1.29 is 18.4 Å². The van der Waals surface area contributed by atoms with Gasteiger partial charge in [-0.2, -0.15) is 0 Å². The number of carbonyl (C=O) groups is 2. The Morgan fingerprint density at radius 2 is 1.84 bits per heavy atom. The Hall–Kier alpha value is -2.76. The van der Waals surface area contributed by atoms with Crippen LogP contribution in [0.4, 0.5) is 8.78 Å². The zero-order valence-electron chi connectivity index (χ0n) is 13.5. The molecule has 0 spiro atoms. The molecule has 4 nitrogen and oxygen atoms in total. The summed E-state index contributed by atoms with van der Waals surface area (Å²) in [5.74, 6) is -2.78. The van der Waals surface area contributed by atoms with E-state index in [0.29, 0.717) is 25.9 Å². The SMILES string of the molecule is O=C(NCc1ccccc1)[C@@H]1CCCN1C(=O)c1ccc(F)c(F)c1. The van der Waals surface area contributed by atoms with E-state index in [1.807, 2.05) is 30.3 Å². The third-order valence-corrected chi connectivity index (χ3v) is 4.29. The Balaban J connectivity index is 1.67. The largest absolute Gasteiger partial charge is 0.350 e. The minimum Gasteiger partial charge on any atom is -0.350 e. The summed E-state index contributed by atoms with van der Waals surface area (Å²) in [4.78, 5) is 26.4. The predicted octanol–water partition coefficient (Wildman–Crippen LogP) is 2.89. The Bertz CT molecular complexity index is 780. The molecule has 2 aromatic carbocycles. The maximum absolute atomic E-state index is 13.4. The second kappa shape index (κ2) is 7.42. The summed E-state index contributed by atoms with van der Waals surface area (Å²) in [6.07, 6.45) is 1.24. The van der Waals surface area contributed by atoms with Gasteiger partial charge >= 0.3 is 0 Å². The Morgan fingerprint density at radius 1 is 1.08 bits per heavy atom. The van der Waals surface area contributed by atoms with Crippen molar-refractivity contribution in [3.05, 3.63) is 71.3 Å². The summed E-state index contributed by atoms with van der Waals surface area (Å²) in [7, 11) is 0. The summed E-state index contributed by atoms with van der Waals surface area (Å²) in [6.45, 7) is 0.796. The van der Waals surface area contributed by atoms with Gasteiger partial charge in [-0.3, -0.25) is 9.59 Å². The van der Waals surface area contributed by atoms with Crippen molar-refractivity contribution in [3.8, 4) is 0 Å². The van der Waals surface area contributed by atoms with Crippen LogP contribution >= 0.6 is 0 Å². The van der Waals surface area contributed by atoms with Gasteiger partial charge in [0.2, 0.25) is 5.91 Å². The molecule has 0 bridgehead atoms.